The number of ether oxygens (including phenoxy) is 1. The molecular formula is C24H23N5O3. The number of pyridine rings is 1. The van der Waals surface area contributed by atoms with Crippen molar-refractivity contribution in [1.82, 2.24) is 24.6 Å². The first-order valence-electron chi connectivity index (χ1n) is 10.7. The molecule has 4 aromatic rings. The molecule has 2 aromatic carbocycles. The molecule has 1 fully saturated rings. The third kappa shape index (κ3) is 4.25. The van der Waals surface area contributed by atoms with Crippen LogP contribution in [0.5, 0.6) is 5.75 Å². The molecule has 1 aliphatic rings. The molecule has 0 bridgehead atoms. The van der Waals surface area contributed by atoms with Gasteiger partial charge in [-0.15, -0.1) is 5.10 Å². The van der Waals surface area contributed by atoms with Gasteiger partial charge in [-0.2, -0.15) is 0 Å². The summed E-state index contributed by atoms with van der Waals surface area (Å²) in [5.41, 5.74) is 0.649. The number of benzene rings is 2. The van der Waals surface area contributed by atoms with Gasteiger partial charge in [0.15, 0.2) is 12.4 Å². The Morgan fingerprint density at radius 3 is 2.72 bits per heavy atom. The van der Waals surface area contributed by atoms with Crippen LogP contribution >= 0.6 is 0 Å². The largest absolute Gasteiger partial charge is 0.484 e. The molecule has 1 amide bonds. The Kier molecular flexibility index (Phi) is 5.41. The van der Waals surface area contributed by atoms with Crippen LogP contribution in [0, 0.1) is 0 Å². The lowest BCUT2D eigenvalue weighted by Crippen LogP contribution is -2.34. The summed E-state index contributed by atoms with van der Waals surface area (Å²) in [6, 6.07) is 17.6. The molecule has 2 aromatic heterocycles. The summed E-state index contributed by atoms with van der Waals surface area (Å²) in [4.78, 5) is 29.2. The highest BCUT2D eigenvalue weighted by Crippen LogP contribution is 2.36. The van der Waals surface area contributed by atoms with Gasteiger partial charge in [0, 0.05) is 30.5 Å². The quantitative estimate of drug-likeness (QED) is 0.465. The predicted octanol–water partition coefficient (Wildman–Crippen LogP) is 2.79. The molecule has 8 nitrogen and oxygen atoms in total. The van der Waals surface area contributed by atoms with Crippen LogP contribution < -0.4 is 15.7 Å². The van der Waals surface area contributed by atoms with E-state index in [0.717, 1.165) is 29.2 Å². The van der Waals surface area contributed by atoms with Crippen molar-refractivity contribution in [2.45, 2.75) is 25.4 Å². The topological polar surface area (TPSA) is 91.0 Å². The van der Waals surface area contributed by atoms with E-state index in [1.807, 2.05) is 54.6 Å². The summed E-state index contributed by atoms with van der Waals surface area (Å²) in [7, 11) is 0. The molecule has 0 atom stereocenters. The van der Waals surface area contributed by atoms with E-state index in [4.69, 9.17) is 4.74 Å². The maximum atomic E-state index is 12.8. The van der Waals surface area contributed by atoms with Crippen molar-refractivity contribution >= 4 is 16.7 Å². The normalized spacial score (nSPS) is 13.2. The Balaban J connectivity index is 1.19. The molecule has 8 heteroatoms. The van der Waals surface area contributed by atoms with Crippen LogP contribution in [0.3, 0.4) is 0 Å². The van der Waals surface area contributed by atoms with E-state index in [1.54, 1.807) is 17.0 Å². The van der Waals surface area contributed by atoms with Crippen molar-refractivity contribution in [3.63, 3.8) is 0 Å². The van der Waals surface area contributed by atoms with Crippen LogP contribution in [0.1, 0.15) is 18.9 Å². The lowest BCUT2D eigenvalue weighted by atomic mass is 10.1. The van der Waals surface area contributed by atoms with Gasteiger partial charge in [0.1, 0.15) is 5.75 Å². The van der Waals surface area contributed by atoms with Crippen molar-refractivity contribution in [3.8, 4) is 17.1 Å². The van der Waals surface area contributed by atoms with Crippen LogP contribution in [-0.4, -0.2) is 38.4 Å². The molecule has 1 saturated carbocycles. The number of nitrogens with one attached hydrogen (secondary N) is 1. The first kappa shape index (κ1) is 20.0. The van der Waals surface area contributed by atoms with E-state index in [-0.39, 0.29) is 37.3 Å². The van der Waals surface area contributed by atoms with Gasteiger partial charge in [-0.25, -0.2) is 9.48 Å². The Bertz CT molecular complexity index is 1310. The Morgan fingerprint density at radius 2 is 1.94 bits per heavy atom. The second-order valence-corrected chi connectivity index (χ2v) is 7.82. The van der Waals surface area contributed by atoms with Gasteiger partial charge >= 0.3 is 5.69 Å². The average molecular weight is 429 g/mol. The van der Waals surface area contributed by atoms with Crippen molar-refractivity contribution < 1.29 is 9.53 Å². The van der Waals surface area contributed by atoms with Crippen molar-refractivity contribution in [2.75, 3.05) is 13.2 Å². The van der Waals surface area contributed by atoms with Crippen molar-refractivity contribution in [3.05, 3.63) is 77.5 Å². The minimum atomic E-state index is -0.250. The number of rotatable bonds is 8. The minimum absolute atomic E-state index is 0.0926. The minimum Gasteiger partial charge on any atom is -0.484 e. The maximum Gasteiger partial charge on any atom is 0.346 e. The van der Waals surface area contributed by atoms with Crippen LogP contribution in [-0.2, 0) is 11.3 Å². The predicted molar refractivity (Wildman–Crippen MR) is 120 cm³/mol. The highest BCUT2D eigenvalue weighted by molar-refractivity contribution is 5.84. The average Bonchev–Trinajstić information content (AvgIpc) is 3.61. The lowest BCUT2D eigenvalue weighted by molar-refractivity contribution is -0.123. The zero-order chi connectivity index (χ0) is 21.9. The zero-order valence-electron chi connectivity index (χ0n) is 17.5. The molecule has 1 N–H and O–H groups in total. The summed E-state index contributed by atoms with van der Waals surface area (Å²) in [5.74, 6) is 1.01. The van der Waals surface area contributed by atoms with Crippen LogP contribution in [0.25, 0.3) is 22.2 Å². The van der Waals surface area contributed by atoms with Gasteiger partial charge in [0.2, 0.25) is 0 Å². The van der Waals surface area contributed by atoms with Crippen LogP contribution in [0.15, 0.2) is 71.8 Å². The van der Waals surface area contributed by atoms with E-state index in [0.29, 0.717) is 11.6 Å². The Hall–Kier alpha value is -3.94. The molecule has 0 aliphatic heterocycles. The van der Waals surface area contributed by atoms with Gasteiger partial charge in [-0.1, -0.05) is 30.3 Å². The molecule has 0 unspecified atom stereocenters. The smallest absolute Gasteiger partial charge is 0.346 e. The molecular weight excluding hydrogens is 406 g/mol. The number of fused-ring (bicyclic) bond motifs is 1. The van der Waals surface area contributed by atoms with E-state index in [9.17, 15) is 9.59 Å². The SMILES string of the molecule is O=C(COc1ccc2ccccc2c1)NCCn1nc(-c2cccnc2)n(C2CC2)c1=O. The van der Waals surface area contributed by atoms with Crippen LogP contribution in [0.2, 0.25) is 0 Å². The maximum absolute atomic E-state index is 12.8. The van der Waals surface area contributed by atoms with Crippen molar-refractivity contribution in [1.29, 1.82) is 0 Å². The van der Waals surface area contributed by atoms with E-state index in [2.05, 4.69) is 15.4 Å². The van der Waals surface area contributed by atoms with E-state index in [1.165, 1.54) is 4.68 Å². The van der Waals surface area contributed by atoms with Gasteiger partial charge in [0.25, 0.3) is 5.91 Å². The van der Waals surface area contributed by atoms with E-state index < -0.39 is 0 Å². The van der Waals surface area contributed by atoms with Gasteiger partial charge in [-0.05, 0) is 47.9 Å². The second kappa shape index (κ2) is 8.66. The van der Waals surface area contributed by atoms with Crippen molar-refractivity contribution in [2.24, 2.45) is 0 Å². The van der Waals surface area contributed by atoms with E-state index >= 15 is 0 Å². The fraction of sp³-hybridized carbons (Fsp3) is 0.250. The summed E-state index contributed by atoms with van der Waals surface area (Å²) < 4.78 is 8.76. The van der Waals surface area contributed by atoms with Crippen LogP contribution in [0.4, 0.5) is 0 Å². The van der Waals surface area contributed by atoms with Gasteiger partial charge in [-0.3, -0.25) is 14.3 Å². The monoisotopic (exact) mass is 429 g/mol. The molecule has 0 spiro atoms. The Morgan fingerprint density at radius 1 is 1.09 bits per heavy atom. The summed E-state index contributed by atoms with van der Waals surface area (Å²) in [6.07, 6.45) is 5.34. The molecule has 2 heterocycles. The summed E-state index contributed by atoms with van der Waals surface area (Å²) in [5, 5.41) is 9.47. The molecule has 162 valence electrons. The number of hydrogen-bond donors (Lipinski definition) is 1. The second-order valence-electron chi connectivity index (χ2n) is 7.82. The summed E-state index contributed by atoms with van der Waals surface area (Å²) >= 11 is 0. The zero-order valence-corrected chi connectivity index (χ0v) is 17.5. The molecule has 0 saturated heterocycles. The first-order chi connectivity index (χ1) is 15.7. The molecule has 0 radical (unpaired) electrons. The highest BCUT2D eigenvalue weighted by Gasteiger charge is 2.30. The summed E-state index contributed by atoms with van der Waals surface area (Å²) in [6.45, 7) is 0.478. The molecule has 5 rings (SSSR count). The first-order valence-corrected chi connectivity index (χ1v) is 10.7. The number of amides is 1. The third-order valence-electron chi connectivity index (χ3n) is 5.44. The van der Waals surface area contributed by atoms with Gasteiger partial charge < -0.3 is 10.1 Å². The molecule has 32 heavy (non-hydrogen) atoms. The third-order valence-corrected chi connectivity index (χ3v) is 5.44. The number of carbonyl (C=O) groups excluding carboxylic acids is 1. The Labute approximate surface area is 184 Å². The number of aromatic nitrogens is 4. The number of hydrogen-bond acceptors (Lipinski definition) is 5. The highest BCUT2D eigenvalue weighted by atomic mass is 16.5. The number of carbonyl (C=O) groups is 1. The fourth-order valence-corrected chi connectivity index (χ4v) is 3.68. The van der Waals surface area contributed by atoms with Gasteiger partial charge in [0.05, 0.1) is 6.54 Å². The molecule has 1 aliphatic carbocycles. The standard InChI is InChI=1S/C24H23N5O3/c30-22(16-32-21-10-7-17-4-1-2-5-18(17)14-21)26-12-13-28-24(31)29(20-8-9-20)23(27-28)19-6-3-11-25-15-19/h1-7,10-11,14-15,20H,8-9,12-13,16H2,(H,26,30). The number of nitrogens with zero attached hydrogens (tertiary/aromatic N) is 4. The fourth-order valence-electron chi connectivity index (χ4n) is 3.68. The lowest BCUT2D eigenvalue weighted by Gasteiger charge is -2.08.